The molecule has 3 rings (SSSR count). The molecule has 1 N–H and O–H groups in total. The molecular formula is C14H20N2O2S. The number of thiazole rings is 1. The maximum Gasteiger partial charge on any atom is 0.315 e. The summed E-state index contributed by atoms with van der Waals surface area (Å²) in [4.78, 5) is 18.2. The van der Waals surface area contributed by atoms with Crippen LogP contribution in [0.3, 0.4) is 0 Å². The Morgan fingerprint density at radius 2 is 2.05 bits per heavy atom. The molecule has 0 aromatic carbocycles. The van der Waals surface area contributed by atoms with E-state index in [4.69, 9.17) is 0 Å². The molecule has 2 fully saturated rings. The number of anilines is 1. The molecule has 1 saturated heterocycles. The van der Waals surface area contributed by atoms with Crippen LogP contribution in [-0.4, -0.2) is 29.1 Å². The largest absolute Gasteiger partial charge is 0.481 e. The lowest BCUT2D eigenvalue weighted by Crippen LogP contribution is -2.29. The minimum Gasteiger partial charge on any atom is -0.481 e. The molecule has 2 aliphatic rings. The highest BCUT2D eigenvalue weighted by Gasteiger charge is 2.38. The first-order chi connectivity index (χ1) is 8.98. The third kappa shape index (κ3) is 2.14. The first kappa shape index (κ1) is 12.9. The summed E-state index contributed by atoms with van der Waals surface area (Å²) in [5.74, 6) is 0.849. The first-order valence-corrected chi connectivity index (χ1v) is 7.81. The molecule has 5 heteroatoms. The molecule has 2 heterocycles. The summed E-state index contributed by atoms with van der Waals surface area (Å²) >= 11 is 1.58. The Bertz CT molecular complexity index is 485. The van der Waals surface area contributed by atoms with Gasteiger partial charge in [-0.3, -0.25) is 4.79 Å². The average molecular weight is 280 g/mol. The lowest BCUT2D eigenvalue weighted by atomic mass is 9.90. The Morgan fingerprint density at radius 1 is 1.42 bits per heavy atom. The van der Waals surface area contributed by atoms with Crippen LogP contribution in [0.4, 0.5) is 5.13 Å². The second-order valence-corrected chi connectivity index (χ2v) is 7.14. The maximum atomic E-state index is 11.3. The van der Waals surface area contributed by atoms with Crippen LogP contribution in [0.5, 0.6) is 0 Å². The smallest absolute Gasteiger partial charge is 0.315 e. The molecule has 0 radical (unpaired) electrons. The lowest BCUT2D eigenvalue weighted by molar-refractivity contribution is -0.142. The predicted octanol–water partition coefficient (Wildman–Crippen LogP) is 2.74. The number of nitrogens with zero attached hydrogens (tertiary/aromatic N) is 2. The molecule has 0 amide bonds. The van der Waals surface area contributed by atoms with Crippen molar-refractivity contribution in [3.8, 4) is 0 Å². The quantitative estimate of drug-likeness (QED) is 0.925. The maximum absolute atomic E-state index is 11.3. The van der Waals surface area contributed by atoms with Gasteiger partial charge in [0, 0.05) is 18.5 Å². The van der Waals surface area contributed by atoms with E-state index in [2.05, 4.69) is 9.88 Å². The molecule has 0 spiro atoms. The van der Waals surface area contributed by atoms with Crippen LogP contribution >= 0.6 is 11.3 Å². The van der Waals surface area contributed by atoms with Crippen LogP contribution in [0, 0.1) is 11.8 Å². The molecular weight excluding hydrogens is 260 g/mol. The summed E-state index contributed by atoms with van der Waals surface area (Å²) in [7, 11) is 0. The summed E-state index contributed by atoms with van der Waals surface area (Å²) in [5, 5.41) is 12.2. The van der Waals surface area contributed by atoms with E-state index < -0.39 is 11.4 Å². The molecule has 1 aromatic rings. The highest BCUT2D eigenvalue weighted by molar-refractivity contribution is 7.13. The van der Waals surface area contributed by atoms with Crippen molar-refractivity contribution in [2.75, 3.05) is 18.0 Å². The molecule has 4 nitrogen and oxygen atoms in total. The summed E-state index contributed by atoms with van der Waals surface area (Å²) in [6, 6.07) is 0. The molecule has 1 aliphatic carbocycles. The van der Waals surface area contributed by atoms with E-state index in [1.807, 2.05) is 5.38 Å². The Labute approximate surface area is 117 Å². The van der Waals surface area contributed by atoms with Crippen molar-refractivity contribution in [1.29, 1.82) is 0 Å². The Hall–Kier alpha value is -1.10. The van der Waals surface area contributed by atoms with E-state index in [1.165, 1.54) is 19.3 Å². The van der Waals surface area contributed by atoms with Gasteiger partial charge in [0.25, 0.3) is 0 Å². The average Bonchev–Trinajstić information content (AvgIpc) is 3.03. The number of hydrogen-bond acceptors (Lipinski definition) is 4. The number of aromatic nitrogens is 1. The van der Waals surface area contributed by atoms with Gasteiger partial charge in [0.1, 0.15) is 5.41 Å². The topological polar surface area (TPSA) is 53.4 Å². The van der Waals surface area contributed by atoms with Crippen molar-refractivity contribution in [3.63, 3.8) is 0 Å². The first-order valence-electron chi connectivity index (χ1n) is 6.93. The minimum absolute atomic E-state index is 0.678. The van der Waals surface area contributed by atoms with Crippen LogP contribution in [-0.2, 0) is 10.2 Å². The highest BCUT2D eigenvalue weighted by Crippen LogP contribution is 2.40. The molecule has 19 heavy (non-hydrogen) atoms. The Morgan fingerprint density at radius 3 is 2.63 bits per heavy atom. The number of carboxylic acids is 1. The summed E-state index contributed by atoms with van der Waals surface area (Å²) < 4.78 is 0. The van der Waals surface area contributed by atoms with Crippen molar-refractivity contribution in [2.45, 2.75) is 38.5 Å². The predicted molar refractivity (Wildman–Crippen MR) is 75.8 cm³/mol. The van der Waals surface area contributed by atoms with Crippen LogP contribution in [0.2, 0.25) is 0 Å². The zero-order chi connectivity index (χ0) is 13.6. The number of fused-ring (bicyclic) bond motifs is 1. The number of hydrogen-bond donors (Lipinski definition) is 1. The van der Waals surface area contributed by atoms with Crippen molar-refractivity contribution >= 4 is 22.4 Å². The van der Waals surface area contributed by atoms with E-state index in [-0.39, 0.29) is 0 Å². The van der Waals surface area contributed by atoms with E-state index in [0.717, 1.165) is 30.1 Å². The van der Waals surface area contributed by atoms with Gasteiger partial charge in [0.2, 0.25) is 0 Å². The standard InChI is InChI=1S/C14H20N2O2S/c1-14(2,12(17)18)11-8-19-13(15-11)16-6-9-4-3-5-10(9)7-16/h8-10H,3-7H2,1-2H3,(H,17,18). The van der Waals surface area contributed by atoms with Crippen molar-refractivity contribution in [3.05, 3.63) is 11.1 Å². The third-order valence-electron chi connectivity index (χ3n) is 4.66. The fraction of sp³-hybridized carbons (Fsp3) is 0.714. The lowest BCUT2D eigenvalue weighted by Gasteiger charge is -2.18. The molecule has 1 saturated carbocycles. The summed E-state index contributed by atoms with van der Waals surface area (Å²) in [5.41, 5.74) is -0.221. The normalized spacial score (nSPS) is 26.7. The molecule has 1 aromatic heterocycles. The van der Waals surface area contributed by atoms with Gasteiger partial charge in [-0.2, -0.15) is 0 Å². The SMILES string of the molecule is CC(C)(C(=O)O)c1csc(N2CC3CCCC3C2)n1. The number of carboxylic acid groups (broad SMARTS) is 1. The van der Waals surface area contributed by atoms with Gasteiger partial charge in [-0.1, -0.05) is 6.42 Å². The molecule has 2 unspecified atom stereocenters. The van der Waals surface area contributed by atoms with E-state index in [9.17, 15) is 9.90 Å². The van der Waals surface area contributed by atoms with Crippen molar-refractivity contribution in [2.24, 2.45) is 11.8 Å². The zero-order valence-corrected chi connectivity index (χ0v) is 12.2. The van der Waals surface area contributed by atoms with Crippen LogP contribution in [0.1, 0.15) is 38.8 Å². The van der Waals surface area contributed by atoms with E-state index in [0.29, 0.717) is 5.69 Å². The third-order valence-corrected chi connectivity index (χ3v) is 5.57. The van der Waals surface area contributed by atoms with Gasteiger partial charge in [-0.15, -0.1) is 11.3 Å². The van der Waals surface area contributed by atoms with Gasteiger partial charge in [-0.05, 0) is 38.5 Å². The Kier molecular flexibility index (Phi) is 3.04. The van der Waals surface area contributed by atoms with Gasteiger partial charge >= 0.3 is 5.97 Å². The number of aliphatic carboxylic acids is 1. The van der Waals surface area contributed by atoms with E-state index in [1.54, 1.807) is 25.2 Å². The summed E-state index contributed by atoms with van der Waals surface area (Å²) in [6.07, 6.45) is 4.07. The number of carbonyl (C=O) groups is 1. The molecule has 1 aliphatic heterocycles. The number of rotatable bonds is 3. The second kappa shape index (κ2) is 4.47. The van der Waals surface area contributed by atoms with Gasteiger partial charge in [0.15, 0.2) is 5.13 Å². The molecule has 104 valence electrons. The second-order valence-electron chi connectivity index (χ2n) is 6.30. The van der Waals surface area contributed by atoms with E-state index >= 15 is 0 Å². The van der Waals surface area contributed by atoms with Gasteiger partial charge in [0.05, 0.1) is 5.69 Å². The van der Waals surface area contributed by atoms with Crippen LogP contribution < -0.4 is 4.90 Å². The zero-order valence-electron chi connectivity index (χ0n) is 11.4. The fourth-order valence-corrected chi connectivity index (χ4v) is 4.21. The van der Waals surface area contributed by atoms with Gasteiger partial charge < -0.3 is 10.0 Å². The van der Waals surface area contributed by atoms with Crippen molar-refractivity contribution in [1.82, 2.24) is 4.98 Å². The van der Waals surface area contributed by atoms with Crippen LogP contribution in [0.15, 0.2) is 5.38 Å². The van der Waals surface area contributed by atoms with Gasteiger partial charge in [-0.25, -0.2) is 4.98 Å². The Balaban J connectivity index is 1.77. The monoisotopic (exact) mass is 280 g/mol. The highest BCUT2D eigenvalue weighted by atomic mass is 32.1. The molecule has 2 atom stereocenters. The fourth-order valence-electron chi connectivity index (χ4n) is 3.20. The molecule has 0 bridgehead atoms. The summed E-state index contributed by atoms with van der Waals surface area (Å²) in [6.45, 7) is 5.63. The van der Waals surface area contributed by atoms with Crippen molar-refractivity contribution < 1.29 is 9.90 Å². The minimum atomic E-state index is -0.898. The van der Waals surface area contributed by atoms with Crippen LogP contribution in [0.25, 0.3) is 0 Å².